The van der Waals surface area contributed by atoms with E-state index in [-0.39, 0.29) is 18.4 Å². The maximum absolute atomic E-state index is 13.2. The summed E-state index contributed by atoms with van der Waals surface area (Å²) in [6, 6.07) is 11.6. The summed E-state index contributed by atoms with van der Waals surface area (Å²) in [6.45, 7) is 2.17. The standard InChI is InChI=1S/C22H18N4O4S/c1-12-4-2-3-5-14(12)20-24-19(30-25-20)10-31-22-23-16-9-18-17(28-11-29-18)8-15(16)21(27)26(22)13-6-7-13/h2-5,8-9,13H,6-7,10-11H2,1H3. The molecule has 2 aromatic heterocycles. The van der Waals surface area contributed by atoms with Crippen molar-refractivity contribution in [2.45, 2.75) is 36.7 Å². The van der Waals surface area contributed by atoms with Gasteiger partial charge in [-0.25, -0.2) is 4.98 Å². The fourth-order valence-electron chi connectivity index (χ4n) is 3.70. The van der Waals surface area contributed by atoms with Crippen LogP contribution >= 0.6 is 11.8 Å². The van der Waals surface area contributed by atoms with Crippen molar-refractivity contribution in [3.63, 3.8) is 0 Å². The Bertz CT molecular complexity index is 1380. The Morgan fingerprint density at radius 2 is 1.94 bits per heavy atom. The third kappa shape index (κ3) is 3.25. The van der Waals surface area contributed by atoms with E-state index in [4.69, 9.17) is 19.0 Å². The summed E-state index contributed by atoms with van der Waals surface area (Å²) in [5.74, 6) is 2.68. The van der Waals surface area contributed by atoms with Gasteiger partial charge in [-0.15, -0.1) is 0 Å². The zero-order chi connectivity index (χ0) is 20.9. The summed E-state index contributed by atoms with van der Waals surface area (Å²) < 4.78 is 18.1. The summed E-state index contributed by atoms with van der Waals surface area (Å²) in [6.07, 6.45) is 1.95. The largest absolute Gasteiger partial charge is 0.454 e. The van der Waals surface area contributed by atoms with Gasteiger partial charge in [0.1, 0.15) is 0 Å². The van der Waals surface area contributed by atoms with Gasteiger partial charge in [-0.1, -0.05) is 41.2 Å². The summed E-state index contributed by atoms with van der Waals surface area (Å²) in [5.41, 5.74) is 2.57. The molecule has 8 nitrogen and oxygen atoms in total. The Kier molecular flexibility index (Phi) is 4.24. The minimum Gasteiger partial charge on any atom is -0.454 e. The molecule has 0 N–H and O–H groups in total. The molecule has 2 aliphatic rings. The molecule has 0 radical (unpaired) electrons. The van der Waals surface area contributed by atoms with Crippen molar-refractivity contribution in [1.82, 2.24) is 19.7 Å². The second kappa shape index (κ2) is 7.12. The van der Waals surface area contributed by atoms with E-state index in [0.717, 1.165) is 24.0 Å². The van der Waals surface area contributed by atoms with Gasteiger partial charge in [0.25, 0.3) is 5.56 Å². The van der Waals surface area contributed by atoms with Crippen molar-refractivity contribution < 1.29 is 14.0 Å². The van der Waals surface area contributed by atoms with Crippen LogP contribution < -0.4 is 15.0 Å². The van der Waals surface area contributed by atoms with Gasteiger partial charge < -0.3 is 14.0 Å². The van der Waals surface area contributed by atoms with E-state index in [9.17, 15) is 4.79 Å². The molecule has 6 rings (SSSR count). The molecule has 9 heteroatoms. The van der Waals surface area contributed by atoms with Crippen LogP contribution in [0.4, 0.5) is 0 Å². The molecule has 31 heavy (non-hydrogen) atoms. The molecule has 0 spiro atoms. The Balaban J connectivity index is 1.33. The number of nitrogens with zero attached hydrogens (tertiary/aromatic N) is 4. The van der Waals surface area contributed by atoms with Gasteiger partial charge in [0, 0.05) is 17.7 Å². The number of rotatable bonds is 5. The predicted molar refractivity (Wildman–Crippen MR) is 114 cm³/mol. The lowest BCUT2D eigenvalue weighted by Gasteiger charge is -2.12. The lowest BCUT2D eigenvalue weighted by molar-refractivity contribution is 0.174. The van der Waals surface area contributed by atoms with Gasteiger partial charge >= 0.3 is 0 Å². The molecule has 4 aromatic rings. The summed E-state index contributed by atoms with van der Waals surface area (Å²) >= 11 is 1.43. The molecule has 0 bridgehead atoms. The summed E-state index contributed by atoms with van der Waals surface area (Å²) in [4.78, 5) is 22.5. The maximum atomic E-state index is 13.2. The molecular weight excluding hydrogens is 416 g/mol. The quantitative estimate of drug-likeness (QED) is 0.342. The molecule has 3 heterocycles. The lowest BCUT2D eigenvalue weighted by Crippen LogP contribution is -2.22. The van der Waals surface area contributed by atoms with Crippen molar-refractivity contribution >= 4 is 22.7 Å². The van der Waals surface area contributed by atoms with Crippen LogP contribution in [0.1, 0.15) is 30.3 Å². The van der Waals surface area contributed by atoms with Gasteiger partial charge in [-0.3, -0.25) is 9.36 Å². The van der Waals surface area contributed by atoms with Gasteiger partial charge in [-0.2, -0.15) is 4.98 Å². The van der Waals surface area contributed by atoms with E-state index in [2.05, 4.69) is 10.1 Å². The molecule has 0 saturated heterocycles. The van der Waals surface area contributed by atoms with E-state index >= 15 is 0 Å². The Morgan fingerprint density at radius 3 is 2.74 bits per heavy atom. The van der Waals surface area contributed by atoms with Crippen molar-refractivity contribution in [2.24, 2.45) is 0 Å². The molecule has 1 aliphatic heterocycles. The number of aromatic nitrogens is 4. The Hall–Kier alpha value is -3.33. The van der Waals surface area contributed by atoms with Crippen molar-refractivity contribution in [3.05, 3.63) is 58.2 Å². The second-order valence-electron chi connectivity index (χ2n) is 7.64. The topological polar surface area (TPSA) is 92.3 Å². The minimum atomic E-state index is -0.0561. The second-order valence-corrected chi connectivity index (χ2v) is 8.58. The number of hydrogen-bond donors (Lipinski definition) is 0. The van der Waals surface area contributed by atoms with Crippen LogP contribution in [-0.4, -0.2) is 26.5 Å². The highest BCUT2D eigenvalue weighted by Crippen LogP contribution is 2.39. The molecule has 156 valence electrons. The fraction of sp³-hybridized carbons (Fsp3) is 0.273. The molecule has 2 aromatic carbocycles. The van der Waals surface area contributed by atoms with E-state index in [1.54, 1.807) is 16.7 Å². The van der Waals surface area contributed by atoms with E-state index in [0.29, 0.717) is 45.0 Å². The lowest BCUT2D eigenvalue weighted by atomic mass is 10.1. The molecule has 1 aliphatic carbocycles. The van der Waals surface area contributed by atoms with Crippen LogP contribution in [0, 0.1) is 6.92 Å². The van der Waals surface area contributed by atoms with Crippen LogP contribution in [0.3, 0.4) is 0 Å². The van der Waals surface area contributed by atoms with E-state index in [1.807, 2.05) is 31.2 Å². The smallest absolute Gasteiger partial charge is 0.262 e. The first-order valence-electron chi connectivity index (χ1n) is 10.0. The van der Waals surface area contributed by atoms with Crippen LogP contribution in [0.5, 0.6) is 11.5 Å². The highest BCUT2D eigenvalue weighted by molar-refractivity contribution is 7.98. The van der Waals surface area contributed by atoms with Gasteiger partial charge in [0.2, 0.25) is 18.5 Å². The first-order valence-corrected chi connectivity index (χ1v) is 11.0. The fourth-order valence-corrected chi connectivity index (χ4v) is 4.60. The average molecular weight is 434 g/mol. The normalized spacial score (nSPS) is 15.0. The SMILES string of the molecule is Cc1ccccc1-c1noc(CSc2nc3cc4c(cc3c(=O)n2C2CC2)OCO4)n1. The third-order valence-electron chi connectivity index (χ3n) is 5.45. The van der Waals surface area contributed by atoms with Gasteiger partial charge in [0.05, 0.1) is 16.7 Å². The zero-order valence-electron chi connectivity index (χ0n) is 16.7. The van der Waals surface area contributed by atoms with E-state index in [1.165, 1.54) is 11.8 Å². The molecule has 0 atom stereocenters. The molecule has 1 fully saturated rings. The van der Waals surface area contributed by atoms with Crippen molar-refractivity contribution in [2.75, 3.05) is 6.79 Å². The maximum Gasteiger partial charge on any atom is 0.262 e. The van der Waals surface area contributed by atoms with Crippen LogP contribution in [0.2, 0.25) is 0 Å². The van der Waals surface area contributed by atoms with Crippen LogP contribution in [0.15, 0.2) is 50.9 Å². The first kappa shape index (κ1) is 18.4. The zero-order valence-corrected chi connectivity index (χ0v) is 17.5. The van der Waals surface area contributed by atoms with Crippen molar-refractivity contribution in [3.8, 4) is 22.9 Å². The summed E-state index contributed by atoms with van der Waals surface area (Å²) in [5, 5.41) is 5.31. The monoisotopic (exact) mass is 434 g/mol. The first-order chi connectivity index (χ1) is 15.2. The van der Waals surface area contributed by atoms with Crippen molar-refractivity contribution in [1.29, 1.82) is 0 Å². The number of aryl methyl sites for hydroxylation is 1. The number of benzene rings is 2. The average Bonchev–Trinajstić information content (AvgIpc) is 3.31. The highest BCUT2D eigenvalue weighted by Gasteiger charge is 2.29. The number of ether oxygens (including phenoxy) is 2. The minimum absolute atomic E-state index is 0.0561. The van der Waals surface area contributed by atoms with Gasteiger partial charge in [-0.05, 0) is 31.4 Å². The molecule has 0 unspecified atom stereocenters. The number of fused-ring (bicyclic) bond motifs is 2. The Morgan fingerprint density at radius 1 is 1.13 bits per heavy atom. The Labute approximate surface area is 181 Å². The van der Waals surface area contributed by atoms with E-state index < -0.39 is 0 Å². The number of hydrogen-bond acceptors (Lipinski definition) is 8. The molecule has 0 amide bonds. The molecular formula is C22H18N4O4S. The predicted octanol–water partition coefficient (Wildman–Crippen LogP) is 4.11. The van der Waals surface area contributed by atoms with Crippen LogP contribution in [-0.2, 0) is 5.75 Å². The van der Waals surface area contributed by atoms with Gasteiger partial charge in [0.15, 0.2) is 16.7 Å². The highest BCUT2D eigenvalue weighted by atomic mass is 32.2. The molecule has 1 saturated carbocycles. The summed E-state index contributed by atoms with van der Waals surface area (Å²) in [7, 11) is 0. The number of thioether (sulfide) groups is 1. The third-order valence-corrected chi connectivity index (χ3v) is 6.39. The van der Waals surface area contributed by atoms with Crippen LogP contribution in [0.25, 0.3) is 22.3 Å².